The number of ether oxygens (including phenoxy) is 1. The summed E-state index contributed by atoms with van der Waals surface area (Å²) in [7, 11) is 0. The van der Waals surface area contributed by atoms with Crippen molar-refractivity contribution < 1.29 is 18.4 Å². The molecule has 0 aliphatic rings. The SMILES string of the molecule is CCOC(=O)/C=C/c1nc(C(C)[C@H](C)C(C)F)no1. The van der Waals surface area contributed by atoms with Gasteiger partial charge in [-0.15, -0.1) is 0 Å². The average Bonchev–Trinajstić information content (AvgIpc) is 2.83. The lowest BCUT2D eigenvalue weighted by Crippen LogP contribution is -2.16. The van der Waals surface area contributed by atoms with Crippen molar-refractivity contribution in [1.82, 2.24) is 10.1 Å². The topological polar surface area (TPSA) is 65.2 Å². The molecule has 0 aliphatic carbocycles. The Morgan fingerprint density at radius 2 is 2.16 bits per heavy atom. The third-order valence-corrected chi connectivity index (χ3v) is 3.03. The summed E-state index contributed by atoms with van der Waals surface area (Å²) in [6.45, 7) is 7.16. The van der Waals surface area contributed by atoms with Crippen LogP contribution in [-0.2, 0) is 9.53 Å². The smallest absolute Gasteiger partial charge is 0.330 e. The van der Waals surface area contributed by atoms with Gasteiger partial charge < -0.3 is 9.26 Å². The summed E-state index contributed by atoms with van der Waals surface area (Å²) in [5.41, 5.74) is 0. The summed E-state index contributed by atoms with van der Waals surface area (Å²) < 4.78 is 22.9. The number of rotatable bonds is 6. The van der Waals surface area contributed by atoms with Crippen LogP contribution in [0.3, 0.4) is 0 Å². The summed E-state index contributed by atoms with van der Waals surface area (Å²) in [4.78, 5) is 15.2. The Hall–Kier alpha value is -1.72. The van der Waals surface area contributed by atoms with Crippen molar-refractivity contribution in [3.8, 4) is 0 Å². The monoisotopic (exact) mass is 270 g/mol. The maximum Gasteiger partial charge on any atom is 0.330 e. The van der Waals surface area contributed by atoms with Gasteiger partial charge in [-0.25, -0.2) is 9.18 Å². The van der Waals surface area contributed by atoms with Crippen molar-refractivity contribution >= 4 is 12.0 Å². The van der Waals surface area contributed by atoms with Gasteiger partial charge in [-0.2, -0.15) is 4.98 Å². The molecule has 1 aromatic heterocycles. The van der Waals surface area contributed by atoms with E-state index in [1.165, 1.54) is 19.1 Å². The molecule has 0 fully saturated rings. The van der Waals surface area contributed by atoms with Gasteiger partial charge in [0.25, 0.3) is 5.89 Å². The lowest BCUT2D eigenvalue weighted by molar-refractivity contribution is -0.137. The maximum atomic E-state index is 13.2. The Labute approximate surface area is 111 Å². The summed E-state index contributed by atoms with van der Waals surface area (Å²) in [5.74, 6) is -0.205. The number of hydrogen-bond donors (Lipinski definition) is 0. The molecule has 0 radical (unpaired) electrons. The average molecular weight is 270 g/mol. The predicted octanol–water partition coefficient (Wildman–Crippen LogP) is 2.74. The quantitative estimate of drug-likeness (QED) is 0.587. The Bertz CT molecular complexity index is 443. The van der Waals surface area contributed by atoms with Crippen molar-refractivity contribution in [3.05, 3.63) is 17.8 Å². The molecule has 2 unspecified atom stereocenters. The molecule has 0 aromatic carbocycles. The van der Waals surface area contributed by atoms with Crippen molar-refractivity contribution in [3.63, 3.8) is 0 Å². The van der Waals surface area contributed by atoms with Crippen LogP contribution in [0.15, 0.2) is 10.6 Å². The van der Waals surface area contributed by atoms with Crippen LogP contribution in [0.5, 0.6) is 0 Å². The highest BCUT2D eigenvalue weighted by Crippen LogP contribution is 2.25. The van der Waals surface area contributed by atoms with E-state index in [0.29, 0.717) is 12.4 Å². The summed E-state index contributed by atoms with van der Waals surface area (Å²) in [6.07, 6.45) is 1.64. The second kappa shape index (κ2) is 7.01. The molecule has 1 rings (SSSR count). The highest BCUT2D eigenvalue weighted by molar-refractivity contribution is 5.86. The van der Waals surface area contributed by atoms with E-state index in [9.17, 15) is 9.18 Å². The van der Waals surface area contributed by atoms with E-state index in [0.717, 1.165) is 0 Å². The van der Waals surface area contributed by atoms with E-state index in [-0.39, 0.29) is 17.7 Å². The number of esters is 1. The number of alkyl halides is 1. The molecule has 0 saturated heterocycles. The normalized spacial score (nSPS) is 16.3. The molecule has 5 nitrogen and oxygen atoms in total. The van der Waals surface area contributed by atoms with Gasteiger partial charge in [-0.3, -0.25) is 0 Å². The van der Waals surface area contributed by atoms with Crippen LogP contribution >= 0.6 is 0 Å². The van der Waals surface area contributed by atoms with Crippen LogP contribution in [0.25, 0.3) is 6.08 Å². The van der Waals surface area contributed by atoms with E-state index in [1.807, 2.05) is 6.92 Å². The van der Waals surface area contributed by atoms with E-state index in [1.54, 1.807) is 13.8 Å². The molecule has 6 heteroatoms. The van der Waals surface area contributed by atoms with E-state index >= 15 is 0 Å². The molecule has 0 bridgehead atoms. The van der Waals surface area contributed by atoms with Gasteiger partial charge in [-0.05, 0) is 19.8 Å². The third-order valence-electron chi connectivity index (χ3n) is 3.03. The van der Waals surface area contributed by atoms with Gasteiger partial charge in [-0.1, -0.05) is 19.0 Å². The van der Waals surface area contributed by atoms with Gasteiger partial charge in [0, 0.05) is 18.1 Å². The van der Waals surface area contributed by atoms with Crippen LogP contribution in [0, 0.1) is 5.92 Å². The first kappa shape index (κ1) is 15.3. The zero-order valence-corrected chi connectivity index (χ0v) is 11.6. The number of nitrogens with zero attached hydrogens (tertiary/aromatic N) is 2. The van der Waals surface area contributed by atoms with Gasteiger partial charge >= 0.3 is 5.97 Å². The Morgan fingerprint density at radius 1 is 1.47 bits per heavy atom. The predicted molar refractivity (Wildman–Crippen MR) is 68.1 cm³/mol. The van der Waals surface area contributed by atoms with Crippen molar-refractivity contribution in [2.45, 2.75) is 39.8 Å². The van der Waals surface area contributed by atoms with Crippen LogP contribution in [0.4, 0.5) is 4.39 Å². The number of halogens is 1. The fourth-order valence-electron chi connectivity index (χ4n) is 1.46. The molecule has 106 valence electrons. The molecular formula is C13H19FN2O3. The fourth-order valence-corrected chi connectivity index (χ4v) is 1.46. The fraction of sp³-hybridized carbons (Fsp3) is 0.615. The Balaban J connectivity index is 2.69. The molecule has 0 amide bonds. The Kier molecular flexibility index (Phi) is 5.66. The maximum absolute atomic E-state index is 13.2. The zero-order valence-electron chi connectivity index (χ0n) is 11.6. The minimum absolute atomic E-state index is 0.159. The first-order valence-electron chi connectivity index (χ1n) is 6.28. The van der Waals surface area contributed by atoms with Gasteiger partial charge in [0.15, 0.2) is 5.82 Å². The minimum Gasteiger partial charge on any atom is -0.463 e. The number of carbonyl (C=O) groups is 1. The highest BCUT2D eigenvalue weighted by atomic mass is 19.1. The molecule has 0 spiro atoms. The lowest BCUT2D eigenvalue weighted by Gasteiger charge is -2.17. The first-order valence-corrected chi connectivity index (χ1v) is 6.28. The summed E-state index contributed by atoms with van der Waals surface area (Å²) >= 11 is 0. The Morgan fingerprint density at radius 3 is 2.74 bits per heavy atom. The molecule has 1 heterocycles. The van der Waals surface area contributed by atoms with Crippen molar-refractivity contribution in [2.75, 3.05) is 6.61 Å². The first-order chi connectivity index (χ1) is 8.95. The largest absolute Gasteiger partial charge is 0.463 e. The molecular weight excluding hydrogens is 251 g/mol. The molecule has 0 aliphatic heterocycles. The molecule has 1 aromatic rings. The number of hydrogen-bond acceptors (Lipinski definition) is 5. The zero-order chi connectivity index (χ0) is 14.4. The summed E-state index contributed by atoms with van der Waals surface area (Å²) in [6, 6.07) is 0. The van der Waals surface area contributed by atoms with Crippen molar-refractivity contribution in [1.29, 1.82) is 0 Å². The second-order valence-electron chi connectivity index (χ2n) is 4.40. The minimum atomic E-state index is -0.952. The van der Waals surface area contributed by atoms with Crippen LogP contribution < -0.4 is 0 Å². The van der Waals surface area contributed by atoms with Crippen LogP contribution in [0.2, 0.25) is 0 Å². The molecule has 3 atom stereocenters. The van der Waals surface area contributed by atoms with Crippen LogP contribution in [0.1, 0.15) is 45.3 Å². The number of aromatic nitrogens is 2. The van der Waals surface area contributed by atoms with Crippen LogP contribution in [-0.4, -0.2) is 28.9 Å². The molecule has 0 saturated carbocycles. The van der Waals surface area contributed by atoms with E-state index < -0.39 is 12.1 Å². The third kappa shape index (κ3) is 4.46. The highest BCUT2D eigenvalue weighted by Gasteiger charge is 2.24. The number of carbonyl (C=O) groups excluding carboxylic acids is 1. The van der Waals surface area contributed by atoms with Gasteiger partial charge in [0.1, 0.15) is 6.17 Å². The lowest BCUT2D eigenvalue weighted by atomic mass is 9.92. The van der Waals surface area contributed by atoms with E-state index in [2.05, 4.69) is 10.1 Å². The standard InChI is InChI=1S/C13H19FN2O3/c1-5-18-12(17)7-6-11-15-13(16-19-11)9(3)8(2)10(4)14/h6-10H,5H2,1-4H3/b7-6+/t8-,9?,10?/m0/s1. The van der Waals surface area contributed by atoms with Gasteiger partial charge in [0.2, 0.25) is 0 Å². The summed E-state index contributed by atoms with van der Waals surface area (Å²) in [5, 5.41) is 3.79. The molecule has 19 heavy (non-hydrogen) atoms. The van der Waals surface area contributed by atoms with Gasteiger partial charge in [0.05, 0.1) is 6.61 Å². The molecule has 0 N–H and O–H groups in total. The second-order valence-corrected chi connectivity index (χ2v) is 4.40. The van der Waals surface area contributed by atoms with E-state index in [4.69, 9.17) is 9.26 Å². The van der Waals surface area contributed by atoms with Crippen molar-refractivity contribution in [2.24, 2.45) is 5.92 Å².